The number of fused-ring (bicyclic) bond motifs is 1. The first-order chi connectivity index (χ1) is 9.31. The summed E-state index contributed by atoms with van der Waals surface area (Å²) in [6.45, 7) is 2.16. The first kappa shape index (κ1) is 12.4. The molecule has 0 N–H and O–H groups in total. The van der Waals surface area contributed by atoms with Crippen molar-refractivity contribution in [2.45, 2.75) is 18.7 Å². The number of alkyl halides is 1. The fourth-order valence-corrected chi connectivity index (χ4v) is 2.76. The van der Waals surface area contributed by atoms with Crippen LogP contribution in [-0.2, 0) is 11.8 Å². The SMILES string of the molecule is CCc1cc(-c2nc3ccccc3o2)ccc1CBr. The molecule has 96 valence electrons. The number of hydrogen-bond donors (Lipinski definition) is 0. The van der Waals surface area contributed by atoms with Crippen LogP contribution in [0.3, 0.4) is 0 Å². The molecule has 0 aliphatic carbocycles. The maximum absolute atomic E-state index is 5.80. The van der Waals surface area contributed by atoms with Crippen molar-refractivity contribution in [3.05, 3.63) is 53.6 Å². The van der Waals surface area contributed by atoms with Gasteiger partial charge in [-0.25, -0.2) is 4.98 Å². The first-order valence-corrected chi connectivity index (χ1v) is 7.47. The summed E-state index contributed by atoms with van der Waals surface area (Å²) in [6, 6.07) is 14.2. The summed E-state index contributed by atoms with van der Waals surface area (Å²) < 4.78 is 5.80. The Balaban J connectivity index is 2.10. The molecule has 0 radical (unpaired) electrons. The zero-order valence-electron chi connectivity index (χ0n) is 10.7. The average molecular weight is 316 g/mol. The maximum atomic E-state index is 5.80. The molecule has 1 heterocycles. The van der Waals surface area contributed by atoms with Crippen LogP contribution in [0.2, 0.25) is 0 Å². The van der Waals surface area contributed by atoms with E-state index in [4.69, 9.17) is 4.42 Å². The summed E-state index contributed by atoms with van der Waals surface area (Å²) in [6.07, 6.45) is 1.01. The molecule has 0 atom stereocenters. The van der Waals surface area contributed by atoms with Crippen molar-refractivity contribution in [3.63, 3.8) is 0 Å². The van der Waals surface area contributed by atoms with Crippen LogP contribution in [0.15, 0.2) is 46.9 Å². The zero-order valence-corrected chi connectivity index (χ0v) is 12.3. The molecule has 0 amide bonds. The van der Waals surface area contributed by atoms with Crippen molar-refractivity contribution in [2.75, 3.05) is 0 Å². The lowest BCUT2D eigenvalue weighted by atomic mass is 10.0. The van der Waals surface area contributed by atoms with E-state index >= 15 is 0 Å². The van der Waals surface area contributed by atoms with Crippen molar-refractivity contribution in [1.29, 1.82) is 0 Å². The Morgan fingerprint density at radius 2 is 1.95 bits per heavy atom. The fourth-order valence-electron chi connectivity index (χ4n) is 2.21. The van der Waals surface area contributed by atoms with Gasteiger partial charge in [-0.3, -0.25) is 0 Å². The second-order valence-corrected chi connectivity index (χ2v) is 5.02. The molecule has 3 rings (SSSR count). The van der Waals surface area contributed by atoms with Gasteiger partial charge >= 0.3 is 0 Å². The number of aromatic nitrogens is 1. The van der Waals surface area contributed by atoms with Gasteiger partial charge < -0.3 is 4.42 Å². The van der Waals surface area contributed by atoms with Crippen LogP contribution in [0.25, 0.3) is 22.6 Å². The molecule has 0 aliphatic heterocycles. The van der Waals surface area contributed by atoms with Crippen LogP contribution in [0.5, 0.6) is 0 Å². The topological polar surface area (TPSA) is 26.0 Å². The highest BCUT2D eigenvalue weighted by molar-refractivity contribution is 9.08. The number of rotatable bonds is 3. The summed E-state index contributed by atoms with van der Waals surface area (Å²) >= 11 is 3.52. The van der Waals surface area contributed by atoms with Crippen molar-refractivity contribution < 1.29 is 4.42 Å². The number of oxazole rings is 1. The van der Waals surface area contributed by atoms with E-state index in [0.717, 1.165) is 28.4 Å². The molecule has 0 spiro atoms. The third-order valence-corrected chi connectivity index (χ3v) is 3.88. The van der Waals surface area contributed by atoms with Crippen molar-refractivity contribution >= 4 is 27.0 Å². The molecule has 0 fully saturated rings. The van der Waals surface area contributed by atoms with E-state index in [1.54, 1.807) is 0 Å². The lowest BCUT2D eigenvalue weighted by molar-refractivity contribution is 0.619. The van der Waals surface area contributed by atoms with Crippen LogP contribution >= 0.6 is 15.9 Å². The summed E-state index contributed by atoms with van der Waals surface area (Å²) in [5, 5.41) is 0.879. The van der Waals surface area contributed by atoms with Crippen molar-refractivity contribution in [2.24, 2.45) is 0 Å². The van der Waals surface area contributed by atoms with Gasteiger partial charge in [0.05, 0.1) is 0 Å². The van der Waals surface area contributed by atoms with Gasteiger partial charge in [0.15, 0.2) is 5.58 Å². The Morgan fingerprint density at radius 3 is 2.68 bits per heavy atom. The largest absolute Gasteiger partial charge is 0.436 e. The van der Waals surface area contributed by atoms with Gasteiger partial charge in [0.2, 0.25) is 5.89 Å². The number of halogens is 1. The normalized spacial score (nSPS) is 11.1. The number of benzene rings is 2. The lowest BCUT2D eigenvalue weighted by Crippen LogP contribution is -1.90. The van der Waals surface area contributed by atoms with E-state index in [-0.39, 0.29) is 0 Å². The van der Waals surface area contributed by atoms with E-state index < -0.39 is 0 Å². The predicted molar refractivity (Wildman–Crippen MR) is 81.5 cm³/mol. The molecular weight excluding hydrogens is 302 g/mol. The van der Waals surface area contributed by atoms with E-state index in [1.807, 2.05) is 24.3 Å². The van der Waals surface area contributed by atoms with Gasteiger partial charge in [0.1, 0.15) is 5.52 Å². The smallest absolute Gasteiger partial charge is 0.227 e. The summed E-state index contributed by atoms with van der Waals surface area (Å²) in [4.78, 5) is 4.54. The second kappa shape index (κ2) is 5.17. The van der Waals surface area contributed by atoms with Gasteiger partial charge in [-0.05, 0) is 41.8 Å². The summed E-state index contributed by atoms with van der Waals surface area (Å²) in [7, 11) is 0. The minimum absolute atomic E-state index is 0.692. The fraction of sp³-hybridized carbons (Fsp3) is 0.188. The maximum Gasteiger partial charge on any atom is 0.227 e. The van der Waals surface area contributed by atoms with Crippen molar-refractivity contribution in [3.8, 4) is 11.5 Å². The molecule has 0 bridgehead atoms. The number of nitrogens with zero attached hydrogens (tertiary/aromatic N) is 1. The van der Waals surface area contributed by atoms with E-state index in [0.29, 0.717) is 5.89 Å². The van der Waals surface area contributed by atoms with Crippen LogP contribution in [0.4, 0.5) is 0 Å². The molecule has 3 heteroatoms. The molecule has 2 nitrogen and oxygen atoms in total. The van der Waals surface area contributed by atoms with E-state index in [1.165, 1.54) is 11.1 Å². The number of para-hydroxylation sites is 2. The van der Waals surface area contributed by atoms with Gasteiger partial charge in [-0.2, -0.15) is 0 Å². The summed E-state index contributed by atoms with van der Waals surface area (Å²) in [5.41, 5.74) is 5.43. The van der Waals surface area contributed by atoms with Crippen LogP contribution in [0, 0.1) is 0 Å². The third-order valence-electron chi connectivity index (χ3n) is 3.27. The molecule has 19 heavy (non-hydrogen) atoms. The Labute approximate surface area is 120 Å². The zero-order chi connectivity index (χ0) is 13.2. The van der Waals surface area contributed by atoms with Crippen LogP contribution < -0.4 is 0 Å². The molecule has 0 unspecified atom stereocenters. The Bertz CT molecular complexity index is 685. The highest BCUT2D eigenvalue weighted by Gasteiger charge is 2.09. The number of hydrogen-bond acceptors (Lipinski definition) is 2. The van der Waals surface area contributed by atoms with Gasteiger partial charge in [-0.15, -0.1) is 0 Å². The van der Waals surface area contributed by atoms with Crippen molar-refractivity contribution in [1.82, 2.24) is 4.98 Å². The first-order valence-electron chi connectivity index (χ1n) is 6.35. The van der Waals surface area contributed by atoms with E-state index in [9.17, 15) is 0 Å². The molecule has 0 saturated carbocycles. The van der Waals surface area contributed by atoms with Gasteiger partial charge in [0, 0.05) is 10.9 Å². The Kier molecular flexibility index (Phi) is 3.38. The molecule has 0 saturated heterocycles. The molecular formula is C16H14BrNO. The standard InChI is InChI=1S/C16H14BrNO/c1-2-11-9-12(7-8-13(11)10-17)16-18-14-5-3-4-6-15(14)19-16/h3-9H,2,10H2,1H3. The highest BCUT2D eigenvalue weighted by Crippen LogP contribution is 2.26. The molecule has 1 aromatic heterocycles. The van der Waals surface area contributed by atoms with Crippen LogP contribution in [0.1, 0.15) is 18.1 Å². The minimum atomic E-state index is 0.692. The average Bonchev–Trinajstić information content (AvgIpc) is 2.90. The minimum Gasteiger partial charge on any atom is -0.436 e. The quantitative estimate of drug-likeness (QED) is 0.639. The third kappa shape index (κ3) is 2.30. The summed E-state index contributed by atoms with van der Waals surface area (Å²) in [5.74, 6) is 0.692. The lowest BCUT2D eigenvalue weighted by Gasteiger charge is -2.06. The van der Waals surface area contributed by atoms with Gasteiger partial charge in [0.25, 0.3) is 0 Å². The molecule has 3 aromatic rings. The highest BCUT2D eigenvalue weighted by atomic mass is 79.9. The van der Waals surface area contributed by atoms with Crippen LogP contribution in [-0.4, -0.2) is 4.98 Å². The Hall–Kier alpha value is -1.61. The second-order valence-electron chi connectivity index (χ2n) is 4.46. The predicted octanol–water partition coefficient (Wildman–Crippen LogP) is 4.95. The monoisotopic (exact) mass is 315 g/mol. The molecule has 2 aromatic carbocycles. The van der Waals surface area contributed by atoms with E-state index in [2.05, 4.69) is 46.0 Å². The molecule has 0 aliphatic rings. The Morgan fingerprint density at radius 1 is 1.11 bits per heavy atom. The van der Waals surface area contributed by atoms with Gasteiger partial charge in [-0.1, -0.05) is 41.1 Å². The number of aryl methyl sites for hydroxylation is 1.